The molecule has 0 aromatic heterocycles. The molecule has 0 bridgehead atoms. The number of rotatable bonds is 4. The van der Waals surface area contributed by atoms with Crippen LogP contribution in [0.25, 0.3) is 0 Å². The van der Waals surface area contributed by atoms with Crippen LogP contribution in [0.1, 0.15) is 18.4 Å². The van der Waals surface area contributed by atoms with E-state index in [-0.39, 0.29) is 17.1 Å². The van der Waals surface area contributed by atoms with Gasteiger partial charge in [0, 0.05) is 12.0 Å². The van der Waals surface area contributed by atoms with Crippen LogP contribution in [-0.2, 0) is 10.2 Å². The molecule has 1 aromatic carbocycles. The van der Waals surface area contributed by atoms with Gasteiger partial charge in [-0.25, -0.2) is 4.39 Å². The molecule has 0 spiro atoms. The average Bonchev–Trinajstić information content (AvgIpc) is 3.08. The minimum absolute atomic E-state index is 0.0431. The van der Waals surface area contributed by atoms with Crippen LogP contribution in [0.15, 0.2) is 24.3 Å². The number of benzene rings is 1. The smallest absolute Gasteiger partial charge is 0.245 e. The molecule has 1 aliphatic rings. The van der Waals surface area contributed by atoms with E-state index in [1.54, 1.807) is 12.1 Å². The van der Waals surface area contributed by atoms with Crippen molar-refractivity contribution in [3.63, 3.8) is 0 Å². The number of aliphatic hydroxyl groups is 1. The van der Waals surface area contributed by atoms with Crippen molar-refractivity contribution in [2.24, 2.45) is 0 Å². The zero-order valence-corrected chi connectivity index (χ0v) is 8.87. The highest BCUT2D eigenvalue weighted by Gasteiger charge is 2.44. The number of hydrogen-bond donors (Lipinski definition) is 2. The number of hydrogen-bond acceptors (Lipinski definition) is 2. The fourth-order valence-electron chi connectivity index (χ4n) is 1.85. The highest BCUT2D eigenvalue weighted by Crippen LogP contribution is 2.47. The molecule has 0 atom stereocenters. The molecule has 1 aromatic rings. The zero-order chi connectivity index (χ0) is 11.6. The normalized spacial score (nSPS) is 16.9. The van der Waals surface area contributed by atoms with E-state index >= 15 is 0 Å². The van der Waals surface area contributed by atoms with Gasteiger partial charge in [-0.2, -0.15) is 0 Å². The summed E-state index contributed by atoms with van der Waals surface area (Å²) in [5, 5.41) is 11.3. The third kappa shape index (κ3) is 2.22. The second-order valence-electron chi connectivity index (χ2n) is 4.22. The van der Waals surface area contributed by atoms with Crippen LogP contribution in [0.5, 0.6) is 0 Å². The fourth-order valence-corrected chi connectivity index (χ4v) is 1.85. The molecule has 1 fully saturated rings. The van der Waals surface area contributed by atoms with Crippen molar-refractivity contribution in [3.05, 3.63) is 35.6 Å². The number of aliphatic hydroxyl groups excluding tert-OH is 1. The maximum absolute atomic E-state index is 12.8. The summed E-state index contributed by atoms with van der Waals surface area (Å²) in [6, 6.07) is 6.38. The minimum atomic E-state index is -0.487. The van der Waals surface area contributed by atoms with Crippen LogP contribution >= 0.6 is 0 Å². The summed E-state index contributed by atoms with van der Waals surface area (Å²) in [7, 11) is 0. The Morgan fingerprint density at radius 2 is 2.00 bits per heavy atom. The zero-order valence-electron chi connectivity index (χ0n) is 8.87. The first-order valence-corrected chi connectivity index (χ1v) is 5.30. The van der Waals surface area contributed by atoms with Gasteiger partial charge in [-0.15, -0.1) is 0 Å². The quantitative estimate of drug-likeness (QED) is 0.799. The Hall–Kier alpha value is -1.42. The molecule has 0 radical (unpaired) electrons. The van der Waals surface area contributed by atoms with Crippen LogP contribution < -0.4 is 5.32 Å². The van der Waals surface area contributed by atoms with Crippen LogP contribution in [0.3, 0.4) is 0 Å². The fraction of sp³-hybridized carbons (Fsp3) is 0.417. The highest BCUT2D eigenvalue weighted by molar-refractivity contribution is 5.77. The summed E-state index contributed by atoms with van der Waals surface area (Å²) in [6.07, 6.45) is 1.98. The second kappa shape index (κ2) is 4.22. The largest absolute Gasteiger partial charge is 0.387 e. The predicted molar refractivity (Wildman–Crippen MR) is 57.4 cm³/mol. The third-order valence-electron chi connectivity index (χ3n) is 3.08. The predicted octanol–water partition coefficient (Wildman–Crippen LogP) is 0.966. The summed E-state index contributed by atoms with van der Waals surface area (Å²) in [4.78, 5) is 11.0. The maximum atomic E-state index is 12.8. The van der Waals surface area contributed by atoms with E-state index in [2.05, 4.69) is 5.32 Å². The molecular weight excluding hydrogens is 209 g/mol. The molecule has 1 aliphatic carbocycles. The monoisotopic (exact) mass is 223 g/mol. The molecular formula is C12H14FNO2. The molecule has 4 heteroatoms. The van der Waals surface area contributed by atoms with Crippen molar-refractivity contribution in [1.29, 1.82) is 0 Å². The van der Waals surface area contributed by atoms with E-state index in [1.165, 1.54) is 12.1 Å². The van der Waals surface area contributed by atoms with E-state index in [4.69, 9.17) is 5.11 Å². The van der Waals surface area contributed by atoms with Crippen molar-refractivity contribution in [2.45, 2.75) is 18.3 Å². The Morgan fingerprint density at radius 1 is 1.38 bits per heavy atom. The number of halogens is 1. The first-order valence-electron chi connectivity index (χ1n) is 5.30. The van der Waals surface area contributed by atoms with Gasteiger partial charge in [0.25, 0.3) is 0 Å². The lowest BCUT2D eigenvalue weighted by atomic mass is 9.96. The first kappa shape index (κ1) is 11.1. The molecule has 1 amide bonds. The Kier molecular flexibility index (Phi) is 2.92. The summed E-state index contributed by atoms with van der Waals surface area (Å²) in [5.41, 5.74) is 1.01. The first-order chi connectivity index (χ1) is 7.66. The van der Waals surface area contributed by atoms with Crippen molar-refractivity contribution in [3.8, 4) is 0 Å². The van der Waals surface area contributed by atoms with Gasteiger partial charge < -0.3 is 10.4 Å². The Balaban J connectivity index is 2.02. The Bertz CT molecular complexity index is 385. The van der Waals surface area contributed by atoms with Crippen molar-refractivity contribution < 1.29 is 14.3 Å². The molecule has 0 aliphatic heterocycles. The van der Waals surface area contributed by atoms with E-state index < -0.39 is 6.61 Å². The SMILES string of the molecule is O=C(CO)NCC1(c2ccc(F)cc2)CC1. The van der Waals surface area contributed by atoms with Gasteiger partial charge in [0.1, 0.15) is 12.4 Å². The van der Waals surface area contributed by atoms with Gasteiger partial charge in [-0.1, -0.05) is 12.1 Å². The van der Waals surface area contributed by atoms with E-state index in [9.17, 15) is 9.18 Å². The average molecular weight is 223 g/mol. The Morgan fingerprint density at radius 3 is 2.50 bits per heavy atom. The van der Waals surface area contributed by atoms with Crippen LogP contribution in [-0.4, -0.2) is 24.2 Å². The van der Waals surface area contributed by atoms with Gasteiger partial charge in [0.15, 0.2) is 0 Å². The summed E-state index contributed by atoms with van der Waals surface area (Å²) < 4.78 is 12.8. The topological polar surface area (TPSA) is 49.3 Å². The molecule has 1 saturated carbocycles. The van der Waals surface area contributed by atoms with Crippen molar-refractivity contribution >= 4 is 5.91 Å². The number of amides is 1. The number of nitrogens with one attached hydrogen (secondary N) is 1. The summed E-state index contributed by atoms with van der Waals surface area (Å²) in [6.45, 7) is 0.0253. The minimum Gasteiger partial charge on any atom is -0.387 e. The highest BCUT2D eigenvalue weighted by atomic mass is 19.1. The lowest BCUT2D eigenvalue weighted by Gasteiger charge is -2.16. The van der Waals surface area contributed by atoms with Crippen LogP contribution in [0.2, 0.25) is 0 Å². The molecule has 86 valence electrons. The molecule has 0 saturated heterocycles. The molecule has 2 N–H and O–H groups in total. The van der Waals surface area contributed by atoms with E-state index in [0.29, 0.717) is 6.54 Å². The third-order valence-corrected chi connectivity index (χ3v) is 3.08. The molecule has 0 unspecified atom stereocenters. The van der Waals surface area contributed by atoms with Gasteiger partial charge in [0.05, 0.1) is 0 Å². The maximum Gasteiger partial charge on any atom is 0.245 e. The van der Waals surface area contributed by atoms with E-state index in [0.717, 1.165) is 18.4 Å². The van der Waals surface area contributed by atoms with Gasteiger partial charge >= 0.3 is 0 Å². The Labute approximate surface area is 93.3 Å². The van der Waals surface area contributed by atoms with Crippen molar-refractivity contribution in [2.75, 3.05) is 13.2 Å². The van der Waals surface area contributed by atoms with E-state index in [1.807, 2.05) is 0 Å². The summed E-state index contributed by atoms with van der Waals surface area (Å²) in [5.74, 6) is -0.618. The van der Waals surface area contributed by atoms with Gasteiger partial charge in [-0.3, -0.25) is 4.79 Å². The standard InChI is InChI=1S/C12H14FNO2/c13-10-3-1-9(2-4-10)12(5-6-12)8-14-11(16)7-15/h1-4,15H,5-8H2,(H,14,16). The number of carbonyl (C=O) groups excluding carboxylic acids is 1. The number of carbonyl (C=O) groups is 1. The lowest BCUT2D eigenvalue weighted by Crippen LogP contribution is -2.33. The second-order valence-corrected chi connectivity index (χ2v) is 4.22. The van der Waals surface area contributed by atoms with Crippen molar-refractivity contribution in [1.82, 2.24) is 5.32 Å². The molecule has 16 heavy (non-hydrogen) atoms. The van der Waals surface area contributed by atoms with Gasteiger partial charge in [0.2, 0.25) is 5.91 Å². The molecule has 0 heterocycles. The van der Waals surface area contributed by atoms with Crippen LogP contribution in [0.4, 0.5) is 4.39 Å². The lowest BCUT2D eigenvalue weighted by molar-refractivity contribution is -0.123. The van der Waals surface area contributed by atoms with Crippen LogP contribution in [0, 0.1) is 5.82 Å². The molecule has 2 rings (SSSR count). The molecule has 3 nitrogen and oxygen atoms in total. The summed E-state index contributed by atoms with van der Waals surface area (Å²) >= 11 is 0. The van der Waals surface area contributed by atoms with Gasteiger partial charge in [-0.05, 0) is 30.5 Å².